The van der Waals surface area contributed by atoms with Gasteiger partial charge in [-0.1, -0.05) is 22.8 Å². The highest BCUT2D eigenvalue weighted by Gasteiger charge is 2.17. The Kier molecular flexibility index (Phi) is 3.17. The van der Waals surface area contributed by atoms with Crippen LogP contribution in [0.2, 0.25) is 0 Å². The van der Waals surface area contributed by atoms with Crippen LogP contribution in [-0.4, -0.2) is 14.1 Å². The summed E-state index contributed by atoms with van der Waals surface area (Å²) in [7, 11) is 3.72. The molecule has 2 unspecified atom stereocenters. The van der Waals surface area contributed by atoms with Crippen molar-refractivity contribution in [3.63, 3.8) is 0 Å². The molecule has 1 aromatic carbocycles. The number of nitrogens with one attached hydrogen (secondary N) is 1. The molecule has 4 heteroatoms. The fourth-order valence-corrected chi connectivity index (χ4v) is 4.10. The predicted octanol–water partition coefficient (Wildman–Crippen LogP) is 3.35. The monoisotopic (exact) mass is 238 g/mol. The van der Waals surface area contributed by atoms with E-state index in [1.54, 1.807) is 11.8 Å². The number of rotatable bonds is 2. The second-order valence-electron chi connectivity index (χ2n) is 3.60. The van der Waals surface area contributed by atoms with Gasteiger partial charge >= 0.3 is 0 Å². The molecule has 2 atom stereocenters. The van der Waals surface area contributed by atoms with Crippen LogP contribution in [0, 0.1) is 4.78 Å². The van der Waals surface area contributed by atoms with Gasteiger partial charge in [-0.25, -0.2) is 0 Å². The third kappa shape index (κ3) is 2.26. The lowest BCUT2D eigenvalue weighted by atomic mass is 10.2. The fourth-order valence-electron chi connectivity index (χ4n) is 1.45. The molecule has 0 amide bonds. The third-order valence-electron chi connectivity index (χ3n) is 2.32. The molecule has 80 valence electrons. The highest BCUT2D eigenvalue weighted by atomic mass is 32.2. The van der Waals surface area contributed by atoms with Crippen LogP contribution in [0.1, 0.15) is 10.1 Å². The van der Waals surface area contributed by atoms with Crippen LogP contribution in [0.5, 0.6) is 0 Å². The van der Waals surface area contributed by atoms with Gasteiger partial charge < -0.3 is 4.90 Å². The van der Waals surface area contributed by atoms with E-state index in [4.69, 9.17) is 4.78 Å². The van der Waals surface area contributed by atoms with Crippen LogP contribution < -0.4 is 4.90 Å². The van der Waals surface area contributed by atoms with Crippen LogP contribution in [0.4, 0.5) is 5.69 Å². The molecule has 0 aromatic heterocycles. The number of hydrogen-bond acceptors (Lipinski definition) is 3. The minimum Gasteiger partial charge on any atom is -0.378 e. The number of anilines is 1. The third-order valence-corrected chi connectivity index (χ3v) is 5.42. The summed E-state index contributed by atoms with van der Waals surface area (Å²) >= 11 is 1.75. The molecule has 0 bridgehead atoms. The van der Waals surface area contributed by atoms with Gasteiger partial charge in [-0.3, -0.25) is 4.78 Å². The van der Waals surface area contributed by atoms with Crippen molar-refractivity contribution in [2.75, 3.05) is 19.0 Å². The van der Waals surface area contributed by atoms with Gasteiger partial charge in [0.2, 0.25) is 0 Å². The minimum absolute atomic E-state index is 0.307. The Hall–Kier alpha value is -0.740. The first-order valence-corrected chi connectivity index (χ1v) is 7.00. The standard InChI is InChI=1S/C11H14N2S2/c1-13(2)10-5-3-9(4-6-10)11-14-7-8-15(11)12/h3-8,11-12H,1-2H3. The highest BCUT2D eigenvalue weighted by Crippen LogP contribution is 2.39. The molecule has 0 radical (unpaired) electrons. The topological polar surface area (TPSA) is 27.1 Å². The molecule has 2 rings (SSSR count). The molecule has 1 N–H and O–H groups in total. The molecule has 0 saturated carbocycles. The smallest absolute Gasteiger partial charge is 0.0936 e. The van der Waals surface area contributed by atoms with Gasteiger partial charge in [-0.2, -0.15) is 0 Å². The number of thioether (sulfide) groups is 1. The molecule has 1 aromatic rings. The zero-order valence-corrected chi connectivity index (χ0v) is 10.4. The normalized spacial score (nSPS) is 24.4. The first kappa shape index (κ1) is 10.8. The molecule has 0 fully saturated rings. The van der Waals surface area contributed by atoms with Crippen molar-refractivity contribution in [2.45, 2.75) is 4.58 Å². The summed E-state index contributed by atoms with van der Waals surface area (Å²) < 4.78 is 8.18. The average Bonchev–Trinajstić information content (AvgIpc) is 2.65. The molecular formula is C11H14N2S2. The van der Waals surface area contributed by atoms with E-state index in [9.17, 15) is 0 Å². The first-order chi connectivity index (χ1) is 7.18. The molecule has 15 heavy (non-hydrogen) atoms. The van der Waals surface area contributed by atoms with Crippen molar-refractivity contribution in [3.8, 4) is 0 Å². The van der Waals surface area contributed by atoms with E-state index in [1.165, 1.54) is 11.3 Å². The molecule has 1 aliphatic heterocycles. The minimum atomic E-state index is -0.360. The molecule has 0 spiro atoms. The zero-order chi connectivity index (χ0) is 10.8. The van der Waals surface area contributed by atoms with Gasteiger partial charge in [-0.15, -0.1) is 11.8 Å². The van der Waals surface area contributed by atoms with Crippen molar-refractivity contribution in [1.82, 2.24) is 0 Å². The van der Waals surface area contributed by atoms with Gasteiger partial charge in [0.05, 0.1) is 4.58 Å². The second kappa shape index (κ2) is 4.41. The summed E-state index contributed by atoms with van der Waals surface area (Å²) in [5.74, 6) is 0. The molecule has 1 heterocycles. The van der Waals surface area contributed by atoms with Crippen LogP contribution in [0.25, 0.3) is 0 Å². The fraction of sp³-hybridized carbons (Fsp3) is 0.273. The number of benzene rings is 1. The number of hydrogen-bond donors (Lipinski definition) is 1. The maximum atomic E-state index is 7.87. The largest absolute Gasteiger partial charge is 0.378 e. The van der Waals surface area contributed by atoms with Crippen molar-refractivity contribution in [3.05, 3.63) is 40.6 Å². The van der Waals surface area contributed by atoms with E-state index in [1.807, 2.05) is 24.9 Å². The quantitative estimate of drug-likeness (QED) is 0.855. The van der Waals surface area contributed by atoms with Crippen molar-refractivity contribution < 1.29 is 0 Å². The Morgan fingerprint density at radius 3 is 2.40 bits per heavy atom. The summed E-state index contributed by atoms with van der Waals surface area (Å²) in [6.07, 6.45) is 0. The van der Waals surface area contributed by atoms with Crippen molar-refractivity contribution in [1.29, 1.82) is 4.78 Å². The van der Waals surface area contributed by atoms with Crippen LogP contribution in [-0.2, 0) is 10.7 Å². The lowest BCUT2D eigenvalue weighted by molar-refractivity contribution is 1.13. The van der Waals surface area contributed by atoms with Gasteiger partial charge in [0.15, 0.2) is 0 Å². The maximum absolute atomic E-state index is 7.87. The van der Waals surface area contributed by atoms with E-state index in [0.29, 0.717) is 4.58 Å². The maximum Gasteiger partial charge on any atom is 0.0936 e. The Balaban J connectivity index is 2.20. The Bertz CT molecular complexity index is 396. The lowest BCUT2D eigenvalue weighted by Crippen LogP contribution is -2.08. The summed E-state index contributed by atoms with van der Waals surface area (Å²) in [6.45, 7) is 0. The molecular weight excluding hydrogens is 224 g/mol. The Labute approximate surface area is 97.3 Å². The average molecular weight is 238 g/mol. The van der Waals surface area contributed by atoms with Crippen molar-refractivity contribution >= 4 is 28.1 Å². The van der Waals surface area contributed by atoms with Crippen molar-refractivity contribution in [2.24, 2.45) is 0 Å². The summed E-state index contributed by atoms with van der Waals surface area (Å²) in [4.78, 5) is 2.09. The van der Waals surface area contributed by atoms with Gasteiger partial charge in [0.1, 0.15) is 0 Å². The Morgan fingerprint density at radius 2 is 1.93 bits per heavy atom. The predicted molar refractivity (Wildman–Crippen MR) is 70.3 cm³/mol. The second-order valence-corrected chi connectivity index (χ2v) is 6.40. The van der Waals surface area contributed by atoms with Gasteiger partial charge in [0.25, 0.3) is 0 Å². The molecule has 2 nitrogen and oxygen atoms in total. The lowest BCUT2D eigenvalue weighted by Gasteiger charge is -2.15. The highest BCUT2D eigenvalue weighted by molar-refractivity contribution is 8.16. The van der Waals surface area contributed by atoms with E-state index >= 15 is 0 Å². The van der Waals surface area contributed by atoms with Gasteiger partial charge in [-0.05, 0) is 28.5 Å². The molecule has 1 aliphatic rings. The van der Waals surface area contributed by atoms with Gasteiger partial charge in [0, 0.05) is 19.8 Å². The summed E-state index contributed by atoms with van der Waals surface area (Å²) in [6, 6.07) is 8.50. The Morgan fingerprint density at radius 1 is 1.27 bits per heavy atom. The van der Waals surface area contributed by atoms with Crippen LogP contribution in [0.3, 0.4) is 0 Å². The van der Waals surface area contributed by atoms with E-state index in [-0.39, 0.29) is 10.7 Å². The molecule has 0 aliphatic carbocycles. The molecule has 0 saturated heterocycles. The van der Waals surface area contributed by atoms with Crippen LogP contribution in [0.15, 0.2) is 35.1 Å². The number of nitrogens with zero attached hydrogens (tertiary/aromatic N) is 1. The first-order valence-electron chi connectivity index (χ1n) is 4.71. The van der Waals surface area contributed by atoms with E-state index in [0.717, 1.165) is 0 Å². The van der Waals surface area contributed by atoms with Crippen LogP contribution >= 0.6 is 11.8 Å². The summed E-state index contributed by atoms with van der Waals surface area (Å²) in [5, 5.41) is 4.02. The summed E-state index contributed by atoms with van der Waals surface area (Å²) in [5.41, 5.74) is 2.47. The van der Waals surface area contributed by atoms with E-state index in [2.05, 4.69) is 29.2 Å². The van der Waals surface area contributed by atoms with E-state index < -0.39 is 0 Å². The SMILES string of the molecule is CN(C)c1ccc(C2SC=CS2=N)cc1. The zero-order valence-electron chi connectivity index (χ0n) is 8.81.